The number of fused-ring (bicyclic) bond motifs is 1. The number of aryl methyl sites for hydroxylation is 1. The number of benzene rings is 2. The Morgan fingerprint density at radius 2 is 1.64 bits per heavy atom. The lowest BCUT2D eigenvalue weighted by atomic mass is 10.1. The van der Waals surface area contributed by atoms with Crippen LogP contribution in [0.15, 0.2) is 54.6 Å². The molecule has 0 unspecified atom stereocenters. The summed E-state index contributed by atoms with van der Waals surface area (Å²) in [6.45, 7) is 4.95. The molecule has 0 spiro atoms. The van der Waals surface area contributed by atoms with Gasteiger partial charge in [0.2, 0.25) is 5.91 Å². The summed E-state index contributed by atoms with van der Waals surface area (Å²) in [6.07, 6.45) is 0. The Morgan fingerprint density at radius 3 is 2.36 bits per heavy atom. The average molecular weight is 394 g/mol. The predicted molar refractivity (Wildman–Crippen MR) is 114 cm³/mol. The van der Waals surface area contributed by atoms with Gasteiger partial charge in [-0.25, -0.2) is 0 Å². The number of carbonyl (C=O) groups is 2. The Morgan fingerprint density at radius 1 is 0.964 bits per heavy atom. The van der Waals surface area contributed by atoms with Gasteiger partial charge < -0.3 is 15.1 Å². The zero-order chi connectivity index (χ0) is 19.5. The number of nitrogens with zero attached hydrogens (tertiary/aromatic N) is 2. The minimum atomic E-state index is -0.171. The summed E-state index contributed by atoms with van der Waals surface area (Å²) >= 11 is 1.47. The van der Waals surface area contributed by atoms with Crippen LogP contribution in [-0.4, -0.2) is 49.4 Å². The molecule has 0 aliphatic carbocycles. The zero-order valence-corrected chi connectivity index (χ0v) is 16.7. The Balaban J connectivity index is 1.32. The Hall–Kier alpha value is -2.86. The van der Waals surface area contributed by atoms with Crippen LogP contribution in [0.2, 0.25) is 0 Å². The quantitative estimate of drug-likeness (QED) is 0.740. The van der Waals surface area contributed by atoms with Crippen molar-refractivity contribution in [3.63, 3.8) is 0 Å². The second kappa shape index (κ2) is 8.02. The van der Waals surface area contributed by atoms with Crippen LogP contribution >= 0.6 is 11.3 Å². The number of rotatable bonds is 4. The summed E-state index contributed by atoms with van der Waals surface area (Å²) in [5.41, 5.74) is 2.16. The van der Waals surface area contributed by atoms with Crippen molar-refractivity contribution in [2.24, 2.45) is 0 Å². The van der Waals surface area contributed by atoms with E-state index in [1.807, 2.05) is 54.3 Å². The first-order valence-electron chi connectivity index (χ1n) is 9.47. The van der Waals surface area contributed by atoms with Crippen LogP contribution in [0, 0.1) is 6.92 Å². The molecule has 2 amide bonds. The molecule has 5 nitrogen and oxygen atoms in total. The van der Waals surface area contributed by atoms with Crippen molar-refractivity contribution in [3.8, 4) is 0 Å². The number of piperazine rings is 1. The SMILES string of the molecule is Cc1c(C(=O)NCC(=O)N2CCN(c3ccccc3)CC2)sc2ccccc12. The summed E-state index contributed by atoms with van der Waals surface area (Å²) < 4.78 is 1.09. The molecule has 3 aromatic rings. The third-order valence-corrected chi connectivity index (χ3v) is 6.48. The van der Waals surface area contributed by atoms with Crippen LogP contribution in [0.25, 0.3) is 10.1 Å². The van der Waals surface area contributed by atoms with Crippen LogP contribution in [0.1, 0.15) is 15.2 Å². The molecule has 2 heterocycles. The first kappa shape index (κ1) is 18.5. The smallest absolute Gasteiger partial charge is 0.262 e. The number of thiophene rings is 1. The molecule has 1 fully saturated rings. The monoisotopic (exact) mass is 393 g/mol. The molecule has 4 rings (SSSR count). The fraction of sp³-hybridized carbons (Fsp3) is 0.273. The van der Waals surface area contributed by atoms with E-state index in [2.05, 4.69) is 22.3 Å². The number of hydrogen-bond acceptors (Lipinski definition) is 4. The minimum absolute atomic E-state index is 0.0279. The molecule has 0 bridgehead atoms. The number of nitrogens with one attached hydrogen (secondary N) is 1. The first-order valence-corrected chi connectivity index (χ1v) is 10.3. The van der Waals surface area contributed by atoms with Gasteiger partial charge in [-0.2, -0.15) is 0 Å². The van der Waals surface area contributed by atoms with Crippen molar-refractivity contribution < 1.29 is 9.59 Å². The van der Waals surface area contributed by atoms with E-state index < -0.39 is 0 Å². The van der Waals surface area contributed by atoms with Crippen molar-refractivity contribution in [2.75, 3.05) is 37.6 Å². The lowest BCUT2D eigenvalue weighted by Gasteiger charge is -2.36. The molecule has 0 atom stereocenters. The number of para-hydroxylation sites is 1. The highest BCUT2D eigenvalue weighted by molar-refractivity contribution is 7.21. The van der Waals surface area contributed by atoms with E-state index in [0.29, 0.717) is 18.0 Å². The molecule has 1 saturated heterocycles. The number of anilines is 1. The van der Waals surface area contributed by atoms with E-state index in [-0.39, 0.29) is 18.4 Å². The molecular weight excluding hydrogens is 370 g/mol. The summed E-state index contributed by atoms with van der Waals surface area (Å²) in [7, 11) is 0. The molecule has 1 aliphatic rings. The van der Waals surface area contributed by atoms with Gasteiger partial charge in [-0.15, -0.1) is 11.3 Å². The summed E-state index contributed by atoms with van der Waals surface area (Å²) in [5.74, 6) is -0.199. The topological polar surface area (TPSA) is 52.7 Å². The number of hydrogen-bond donors (Lipinski definition) is 1. The summed E-state index contributed by atoms with van der Waals surface area (Å²) in [4.78, 5) is 29.9. The van der Waals surface area contributed by atoms with Gasteiger partial charge in [-0.1, -0.05) is 36.4 Å². The van der Waals surface area contributed by atoms with Gasteiger partial charge in [0.1, 0.15) is 0 Å². The highest BCUT2D eigenvalue weighted by Crippen LogP contribution is 2.30. The van der Waals surface area contributed by atoms with Crippen molar-refractivity contribution >= 4 is 38.9 Å². The van der Waals surface area contributed by atoms with Crippen LogP contribution < -0.4 is 10.2 Å². The molecule has 1 aliphatic heterocycles. The van der Waals surface area contributed by atoms with Crippen LogP contribution in [0.5, 0.6) is 0 Å². The van der Waals surface area contributed by atoms with Gasteiger partial charge in [0.25, 0.3) is 5.91 Å². The van der Waals surface area contributed by atoms with Crippen LogP contribution in [-0.2, 0) is 4.79 Å². The second-order valence-electron chi connectivity index (χ2n) is 6.94. The van der Waals surface area contributed by atoms with Crippen molar-refractivity contribution in [2.45, 2.75) is 6.92 Å². The maximum Gasteiger partial charge on any atom is 0.262 e. The van der Waals surface area contributed by atoms with E-state index in [1.165, 1.54) is 17.0 Å². The average Bonchev–Trinajstić information content (AvgIpc) is 3.09. The fourth-order valence-electron chi connectivity index (χ4n) is 3.59. The minimum Gasteiger partial charge on any atom is -0.368 e. The lowest BCUT2D eigenvalue weighted by molar-refractivity contribution is -0.130. The molecule has 0 radical (unpaired) electrons. The van der Waals surface area contributed by atoms with E-state index in [4.69, 9.17) is 0 Å². The van der Waals surface area contributed by atoms with E-state index in [0.717, 1.165) is 28.7 Å². The van der Waals surface area contributed by atoms with Crippen molar-refractivity contribution in [1.29, 1.82) is 0 Å². The van der Waals surface area contributed by atoms with Gasteiger partial charge in [0.05, 0.1) is 11.4 Å². The third kappa shape index (κ3) is 3.73. The molecule has 28 heavy (non-hydrogen) atoms. The second-order valence-corrected chi connectivity index (χ2v) is 7.99. The highest BCUT2D eigenvalue weighted by Gasteiger charge is 2.22. The molecule has 144 valence electrons. The van der Waals surface area contributed by atoms with Crippen molar-refractivity contribution in [1.82, 2.24) is 10.2 Å². The third-order valence-electron chi connectivity index (χ3n) is 5.20. The Labute approximate surface area is 168 Å². The van der Waals surface area contributed by atoms with Gasteiger partial charge in [-0.05, 0) is 36.1 Å². The molecule has 0 saturated carbocycles. The van der Waals surface area contributed by atoms with E-state index >= 15 is 0 Å². The molecule has 6 heteroatoms. The highest BCUT2D eigenvalue weighted by atomic mass is 32.1. The first-order chi connectivity index (χ1) is 13.6. The molecule has 1 aromatic heterocycles. The molecule has 2 aromatic carbocycles. The van der Waals surface area contributed by atoms with Crippen LogP contribution in [0.3, 0.4) is 0 Å². The van der Waals surface area contributed by atoms with Crippen molar-refractivity contribution in [3.05, 3.63) is 65.0 Å². The Bertz CT molecular complexity index is 991. The normalized spacial score (nSPS) is 14.3. The maximum absolute atomic E-state index is 12.6. The van der Waals surface area contributed by atoms with Crippen LogP contribution in [0.4, 0.5) is 5.69 Å². The standard InChI is InChI=1S/C22H23N3O2S/c1-16-18-9-5-6-10-19(18)28-21(16)22(27)23-15-20(26)25-13-11-24(12-14-25)17-7-3-2-4-8-17/h2-10H,11-15H2,1H3,(H,23,27). The fourth-order valence-corrected chi connectivity index (χ4v) is 4.72. The van der Waals surface area contributed by atoms with Gasteiger partial charge in [-0.3, -0.25) is 9.59 Å². The largest absolute Gasteiger partial charge is 0.368 e. The zero-order valence-electron chi connectivity index (χ0n) is 15.9. The van der Waals surface area contributed by atoms with Gasteiger partial charge >= 0.3 is 0 Å². The molecule has 1 N–H and O–H groups in total. The lowest BCUT2D eigenvalue weighted by Crippen LogP contribution is -2.51. The predicted octanol–water partition coefficient (Wildman–Crippen LogP) is 3.29. The number of amides is 2. The van der Waals surface area contributed by atoms with Gasteiger partial charge in [0, 0.05) is 36.6 Å². The maximum atomic E-state index is 12.6. The number of carbonyl (C=O) groups excluding carboxylic acids is 2. The van der Waals surface area contributed by atoms with Gasteiger partial charge in [0.15, 0.2) is 0 Å². The summed E-state index contributed by atoms with van der Waals surface area (Å²) in [5, 5.41) is 3.91. The van der Waals surface area contributed by atoms with E-state index in [9.17, 15) is 9.59 Å². The summed E-state index contributed by atoms with van der Waals surface area (Å²) in [6, 6.07) is 18.2. The molecular formula is C22H23N3O2S. The van der Waals surface area contributed by atoms with E-state index in [1.54, 1.807) is 0 Å². The Kier molecular flexibility index (Phi) is 5.30.